The lowest BCUT2D eigenvalue weighted by molar-refractivity contribution is -0.123. The molecule has 1 aliphatic heterocycles. The molecule has 0 radical (unpaired) electrons. The fourth-order valence-electron chi connectivity index (χ4n) is 3.40. The second kappa shape index (κ2) is 7.25. The van der Waals surface area contributed by atoms with E-state index in [1.807, 2.05) is 0 Å². The normalized spacial score (nSPS) is 33.1. The van der Waals surface area contributed by atoms with Crippen molar-refractivity contribution in [3.05, 3.63) is 0 Å². The van der Waals surface area contributed by atoms with Crippen molar-refractivity contribution in [2.24, 2.45) is 11.7 Å². The van der Waals surface area contributed by atoms with Gasteiger partial charge in [0.2, 0.25) is 5.91 Å². The maximum atomic E-state index is 12.1. The van der Waals surface area contributed by atoms with Gasteiger partial charge in [-0.2, -0.15) is 0 Å². The van der Waals surface area contributed by atoms with Gasteiger partial charge in [0.05, 0.1) is 0 Å². The Morgan fingerprint density at radius 2 is 2.00 bits per heavy atom. The summed E-state index contributed by atoms with van der Waals surface area (Å²) in [6, 6.07) is 0.739. The standard InChI is InChI=1S/C15H29N3O/c1-2-18-9-3-4-14(11-18)17-15(19)10-12-5-7-13(16)8-6-12/h12-14H,2-11,16H2,1H3,(H,17,19). The lowest BCUT2D eigenvalue weighted by Gasteiger charge is -2.33. The summed E-state index contributed by atoms with van der Waals surface area (Å²) >= 11 is 0. The highest BCUT2D eigenvalue weighted by molar-refractivity contribution is 5.76. The van der Waals surface area contributed by atoms with Gasteiger partial charge < -0.3 is 16.0 Å². The van der Waals surface area contributed by atoms with Crippen LogP contribution in [-0.2, 0) is 4.79 Å². The summed E-state index contributed by atoms with van der Waals surface area (Å²) in [5, 5.41) is 3.23. The van der Waals surface area contributed by atoms with Crippen LogP contribution in [0.2, 0.25) is 0 Å². The molecule has 1 aliphatic carbocycles. The molecule has 1 heterocycles. The van der Waals surface area contributed by atoms with Gasteiger partial charge in [-0.15, -0.1) is 0 Å². The van der Waals surface area contributed by atoms with Crippen molar-refractivity contribution in [1.29, 1.82) is 0 Å². The van der Waals surface area contributed by atoms with Gasteiger partial charge in [-0.3, -0.25) is 4.79 Å². The van der Waals surface area contributed by atoms with E-state index in [0.29, 0.717) is 24.4 Å². The van der Waals surface area contributed by atoms with Crippen LogP contribution in [0.5, 0.6) is 0 Å². The molecule has 1 saturated carbocycles. The number of amides is 1. The molecule has 3 N–H and O–H groups in total. The molecular weight excluding hydrogens is 238 g/mol. The van der Waals surface area contributed by atoms with Gasteiger partial charge in [0.25, 0.3) is 0 Å². The van der Waals surface area contributed by atoms with E-state index in [1.54, 1.807) is 0 Å². The number of hydrogen-bond acceptors (Lipinski definition) is 3. The lowest BCUT2D eigenvalue weighted by Crippen LogP contribution is -2.47. The van der Waals surface area contributed by atoms with Crippen LogP contribution in [0.3, 0.4) is 0 Å². The molecule has 1 unspecified atom stereocenters. The maximum absolute atomic E-state index is 12.1. The van der Waals surface area contributed by atoms with Crippen molar-refractivity contribution < 1.29 is 4.79 Å². The molecule has 110 valence electrons. The van der Waals surface area contributed by atoms with Gasteiger partial charge in [-0.1, -0.05) is 6.92 Å². The first-order valence-corrected chi connectivity index (χ1v) is 7.94. The third-order valence-electron chi connectivity index (χ3n) is 4.68. The SMILES string of the molecule is CCN1CCCC(NC(=O)CC2CCC(N)CC2)C1. The highest BCUT2D eigenvalue weighted by atomic mass is 16.1. The number of likely N-dealkylation sites (N-methyl/N-ethyl adjacent to an activating group) is 1. The largest absolute Gasteiger partial charge is 0.352 e. The number of nitrogens with one attached hydrogen (secondary N) is 1. The van der Waals surface area contributed by atoms with Gasteiger partial charge >= 0.3 is 0 Å². The first-order valence-electron chi connectivity index (χ1n) is 7.94. The summed E-state index contributed by atoms with van der Waals surface area (Å²) in [5.74, 6) is 0.814. The molecule has 0 spiro atoms. The smallest absolute Gasteiger partial charge is 0.220 e. The van der Waals surface area contributed by atoms with Gasteiger partial charge in [0.1, 0.15) is 0 Å². The lowest BCUT2D eigenvalue weighted by atomic mass is 9.84. The molecule has 19 heavy (non-hydrogen) atoms. The molecule has 4 heteroatoms. The van der Waals surface area contributed by atoms with Crippen molar-refractivity contribution in [3.63, 3.8) is 0 Å². The van der Waals surface area contributed by atoms with Crippen LogP contribution in [-0.4, -0.2) is 42.5 Å². The van der Waals surface area contributed by atoms with E-state index in [2.05, 4.69) is 17.1 Å². The van der Waals surface area contributed by atoms with E-state index in [-0.39, 0.29) is 5.91 Å². The zero-order valence-corrected chi connectivity index (χ0v) is 12.2. The summed E-state index contributed by atoms with van der Waals surface area (Å²) in [4.78, 5) is 14.5. The quantitative estimate of drug-likeness (QED) is 0.811. The highest BCUT2D eigenvalue weighted by Gasteiger charge is 2.24. The van der Waals surface area contributed by atoms with E-state index in [4.69, 9.17) is 5.73 Å². The third-order valence-corrected chi connectivity index (χ3v) is 4.68. The van der Waals surface area contributed by atoms with Crippen LogP contribution in [0.15, 0.2) is 0 Å². The summed E-state index contributed by atoms with van der Waals surface area (Å²) < 4.78 is 0. The molecule has 0 aromatic heterocycles. The molecular formula is C15H29N3O. The van der Waals surface area contributed by atoms with Crippen molar-refractivity contribution in [2.75, 3.05) is 19.6 Å². The second-order valence-corrected chi connectivity index (χ2v) is 6.28. The minimum Gasteiger partial charge on any atom is -0.352 e. The van der Waals surface area contributed by atoms with Crippen LogP contribution < -0.4 is 11.1 Å². The number of nitrogens with zero attached hydrogens (tertiary/aromatic N) is 1. The molecule has 0 aromatic rings. The van der Waals surface area contributed by atoms with Crippen LogP contribution in [0.1, 0.15) is 51.9 Å². The Labute approximate surface area is 117 Å². The fourth-order valence-corrected chi connectivity index (χ4v) is 3.40. The van der Waals surface area contributed by atoms with E-state index < -0.39 is 0 Å². The second-order valence-electron chi connectivity index (χ2n) is 6.28. The number of hydrogen-bond donors (Lipinski definition) is 2. The average Bonchev–Trinajstić information content (AvgIpc) is 2.41. The fraction of sp³-hybridized carbons (Fsp3) is 0.933. The zero-order chi connectivity index (χ0) is 13.7. The van der Waals surface area contributed by atoms with Gasteiger partial charge in [-0.05, 0) is 57.5 Å². The van der Waals surface area contributed by atoms with Gasteiger partial charge in [0, 0.05) is 25.0 Å². The van der Waals surface area contributed by atoms with Gasteiger partial charge in [0.15, 0.2) is 0 Å². The highest BCUT2D eigenvalue weighted by Crippen LogP contribution is 2.25. The molecule has 1 atom stereocenters. The Bertz CT molecular complexity index is 287. The first-order chi connectivity index (χ1) is 9.17. The molecule has 4 nitrogen and oxygen atoms in total. The number of carbonyl (C=O) groups is 1. The molecule has 1 amide bonds. The van der Waals surface area contributed by atoms with E-state index >= 15 is 0 Å². The summed E-state index contributed by atoms with van der Waals surface area (Å²) in [5.41, 5.74) is 5.90. The van der Waals surface area contributed by atoms with Gasteiger partial charge in [-0.25, -0.2) is 0 Å². The predicted molar refractivity (Wildman–Crippen MR) is 77.8 cm³/mol. The number of rotatable bonds is 4. The van der Waals surface area contributed by atoms with E-state index in [0.717, 1.165) is 45.2 Å². The molecule has 0 bridgehead atoms. The predicted octanol–water partition coefficient (Wildman–Crippen LogP) is 1.49. The maximum Gasteiger partial charge on any atom is 0.220 e. The monoisotopic (exact) mass is 267 g/mol. The Kier molecular flexibility index (Phi) is 5.64. The molecule has 0 aromatic carbocycles. The Morgan fingerprint density at radius 1 is 1.26 bits per heavy atom. The Morgan fingerprint density at radius 3 is 2.68 bits per heavy atom. The van der Waals surface area contributed by atoms with Crippen molar-refractivity contribution in [3.8, 4) is 0 Å². The van der Waals surface area contributed by atoms with Crippen LogP contribution >= 0.6 is 0 Å². The average molecular weight is 267 g/mol. The topological polar surface area (TPSA) is 58.4 Å². The van der Waals surface area contributed by atoms with Crippen LogP contribution in [0.25, 0.3) is 0 Å². The van der Waals surface area contributed by atoms with E-state index in [1.165, 1.54) is 13.0 Å². The van der Waals surface area contributed by atoms with Crippen LogP contribution in [0, 0.1) is 5.92 Å². The zero-order valence-electron chi connectivity index (χ0n) is 12.2. The number of piperidine rings is 1. The van der Waals surface area contributed by atoms with E-state index in [9.17, 15) is 4.79 Å². The van der Waals surface area contributed by atoms with Crippen LogP contribution in [0.4, 0.5) is 0 Å². The molecule has 1 saturated heterocycles. The van der Waals surface area contributed by atoms with Crippen molar-refractivity contribution in [1.82, 2.24) is 10.2 Å². The summed E-state index contributed by atoms with van der Waals surface area (Å²) in [7, 11) is 0. The van der Waals surface area contributed by atoms with Crippen molar-refractivity contribution >= 4 is 5.91 Å². The third kappa shape index (κ3) is 4.77. The number of carbonyl (C=O) groups excluding carboxylic acids is 1. The minimum absolute atomic E-state index is 0.253. The van der Waals surface area contributed by atoms with Crippen molar-refractivity contribution in [2.45, 2.75) is 64.0 Å². The molecule has 2 rings (SSSR count). The Hall–Kier alpha value is -0.610. The summed E-state index contributed by atoms with van der Waals surface area (Å²) in [6.45, 7) is 5.49. The Balaban J connectivity index is 1.69. The minimum atomic E-state index is 0.253. The molecule has 2 aliphatic rings. The summed E-state index contributed by atoms with van der Waals surface area (Å²) in [6.07, 6.45) is 7.47. The number of nitrogens with two attached hydrogens (primary N) is 1. The number of likely N-dealkylation sites (tertiary alicyclic amines) is 1. The first kappa shape index (κ1) is 14.8. The molecule has 2 fully saturated rings.